The number of esters is 1. The summed E-state index contributed by atoms with van der Waals surface area (Å²) in [5.41, 5.74) is 4.32. The monoisotopic (exact) mass is 503 g/mol. The molecule has 0 bridgehead atoms. The summed E-state index contributed by atoms with van der Waals surface area (Å²) in [6, 6.07) is 12.8. The molecule has 7 heteroatoms. The van der Waals surface area contributed by atoms with Crippen molar-refractivity contribution in [2.24, 2.45) is 0 Å². The van der Waals surface area contributed by atoms with Crippen molar-refractivity contribution in [1.29, 1.82) is 0 Å². The highest BCUT2D eigenvalue weighted by atomic mass is 35.5. The van der Waals surface area contributed by atoms with E-state index in [4.69, 9.17) is 39.5 Å². The summed E-state index contributed by atoms with van der Waals surface area (Å²) in [5, 5.41) is 4.79. The summed E-state index contributed by atoms with van der Waals surface area (Å²) in [5.74, 6) is -0.985. The maximum atomic E-state index is 13.5. The Morgan fingerprint density at radius 3 is 2.39 bits per heavy atom. The predicted molar refractivity (Wildman–Crippen MR) is 132 cm³/mol. The molecule has 1 heterocycles. The second kappa shape index (κ2) is 9.92. The normalized spacial score (nSPS) is 20.5. The molecule has 1 aliphatic carbocycles. The first-order valence-corrected chi connectivity index (χ1v) is 12.0. The Labute approximate surface area is 208 Å². The third kappa shape index (κ3) is 4.84. The Hall–Kier alpha value is -2.27. The first-order chi connectivity index (χ1) is 15.8. The van der Waals surface area contributed by atoms with Gasteiger partial charge in [-0.15, -0.1) is 0 Å². The topological polar surface area (TPSA) is 55.4 Å². The summed E-state index contributed by atoms with van der Waals surface area (Å²) in [4.78, 5) is 26.6. The van der Waals surface area contributed by atoms with Crippen molar-refractivity contribution in [2.45, 2.75) is 44.9 Å². The molecule has 1 N–H and O–H groups in total. The van der Waals surface area contributed by atoms with E-state index in [0.29, 0.717) is 57.8 Å². The number of carbonyl (C=O) groups excluding carboxylic acids is 2. The van der Waals surface area contributed by atoms with Gasteiger partial charge in [0.2, 0.25) is 0 Å². The second-order valence-corrected chi connectivity index (χ2v) is 9.63. The second-order valence-electron chi connectivity index (χ2n) is 8.38. The van der Waals surface area contributed by atoms with Crippen LogP contribution in [0, 0.1) is 0 Å². The Morgan fingerprint density at radius 1 is 1.03 bits per heavy atom. The number of halogens is 3. The van der Waals surface area contributed by atoms with Crippen molar-refractivity contribution in [3.63, 3.8) is 0 Å². The molecule has 2 aromatic rings. The fourth-order valence-electron chi connectivity index (χ4n) is 4.58. The molecule has 0 amide bonds. The summed E-state index contributed by atoms with van der Waals surface area (Å²) in [6.45, 7) is 4.09. The van der Waals surface area contributed by atoms with Gasteiger partial charge in [-0.05, 0) is 61.1 Å². The molecular weight excluding hydrogens is 481 g/mol. The van der Waals surface area contributed by atoms with Crippen LogP contribution >= 0.6 is 34.8 Å². The maximum Gasteiger partial charge on any atom is 0.336 e. The molecule has 33 heavy (non-hydrogen) atoms. The van der Waals surface area contributed by atoms with Crippen molar-refractivity contribution in [2.75, 3.05) is 6.61 Å². The highest BCUT2D eigenvalue weighted by molar-refractivity contribution is 6.42. The number of hydrogen-bond donors (Lipinski definition) is 1. The zero-order chi connectivity index (χ0) is 23.7. The summed E-state index contributed by atoms with van der Waals surface area (Å²) < 4.78 is 5.48. The van der Waals surface area contributed by atoms with Gasteiger partial charge in [0.05, 0.1) is 22.2 Å². The van der Waals surface area contributed by atoms with Gasteiger partial charge in [0.15, 0.2) is 5.78 Å². The van der Waals surface area contributed by atoms with Gasteiger partial charge in [0.25, 0.3) is 0 Å². The van der Waals surface area contributed by atoms with Crippen LogP contribution < -0.4 is 5.32 Å². The standard InChI is InChI=1S/C26H24Cl3NO3/c1-3-10-33-26(32)23-14(2)30-21-12-17(15-4-7-18(27)8-5-15)13-22(31)25(21)24(23)16-6-9-19(28)20(29)11-16/h4-9,11,17,24,30H,3,10,12-13H2,1-2H3/t17-,24+/m1/s1. The van der Waals surface area contributed by atoms with Crippen molar-refractivity contribution in [3.8, 4) is 0 Å². The number of ether oxygens (including phenoxy) is 1. The van der Waals surface area contributed by atoms with E-state index >= 15 is 0 Å². The molecule has 172 valence electrons. The summed E-state index contributed by atoms with van der Waals surface area (Å²) in [6.07, 6.45) is 1.70. The van der Waals surface area contributed by atoms with Gasteiger partial charge >= 0.3 is 5.97 Å². The number of Topliss-reactive ketones (excluding diaryl/α,β-unsaturated/α-hetero) is 1. The molecule has 0 saturated heterocycles. The number of hydrogen-bond acceptors (Lipinski definition) is 4. The number of nitrogens with one attached hydrogen (secondary N) is 1. The maximum absolute atomic E-state index is 13.5. The molecule has 4 rings (SSSR count). The number of allylic oxidation sites excluding steroid dienone is 3. The van der Waals surface area contributed by atoms with E-state index in [1.165, 1.54) is 0 Å². The van der Waals surface area contributed by atoms with Gasteiger partial charge in [-0.2, -0.15) is 0 Å². The van der Waals surface area contributed by atoms with Crippen LogP contribution in [-0.4, -0.2) is 18.4 Å². The largest absolute Gasteiger partial charge is 0.462 e. The van der Waals surface area contributed by atoms with E-state index in [0.717, 1.165) is 16.8 Å². The fraction of sp³-hybridized carbons (Fsp3) is 0.308. The minimum absolute atomic E-state index is 0.00642. The summed E-state index contributed by atoms with van der Waals surface area (Å²) >= 11 is 18.5. The number of ketones is 1. The van der Waals surface area contributed by atoms with Crippen LogP contribution in [0.1, 0.15) is 56.1 Å². The van der Waals surface area contributed by atoms with Gasteiger partial charge in [-0.25, -0.2) is 4.79 Å². The van der Waals surface area contributed by atoms with E-state index in [9.17, 15) is 9.59 Å². The lowest BCUT2D eigenvalue weighted by molar-refractivity contribution is -0.139. The lowest BCUT2D eigenvalue weighted by Crippen LogP contribution is -2.36. The third-order valence-corrected chi connectivity index (χ3v) is 7.09. The van der Waals surface area contributed by atoms with E-state index in [1.807, 2.05) is 44.2 Å². The number of dihydropyridines is 1. The number of carbonyl (C=O) groups is 2. The van der Waals surface area contributed by atoms with Crippen LogP contribution in [0.4, 0.5) is 0 Å². The molecule has 4 nitrogen and oxygen atoms in total. The lowest BCUT2D eigenvalue weighted by Gasteiger charge is -2.36. The Morgan fingerprint density at radius 2 is 1.73 bits per heavy atom. The predicted octanol–water partition coefficient (Wildman–Crippen LogP) is 6.96. The molecule has 2 atom stereocenters. The molecule has 0 unspecified atom stereocenters. The zero-order valence-corrected chi connectivity index (χ0v) is 20.7. The van der Waals surface area contributed by atoms with Crippen LogP contribution in [0.2, 0.25) is 15.1 Å². The molecule has 2 aromatic carbocycles. The van der Waals surface area contributed by atoms with Gasteiger partial charge in [-0.1, -0.05) is 59.9 Å². The third-order valence-electron chi connectivity index (χ3n) is 6.10. The van der Waals surface area contributed by atoms with Gasteiger partial charge < -0.3 is 10.1 Å². The first-order valence-electron chi connectivity index (χ1n) is 10.9. The highest BCUT2D eigenvalue weighted by Gasteiger charge is 2.41. The Bertz CT molecular complexity index is 1170. The highest BCUT2D eigenvalue weighted by Crippen LogP contribution is 2.46. The molecule has 0 aromatic heterocycles. The van der Waals surface area contributed by atoms with Crippen LogP contribution in [0.5, 0.6) is 0 Å². The zero-order valence-electron chi connectivity index (χ0n) is 18.4. The Balaban J connectivity index is 1.79. The average Bonchev–Trinajstić information content (AvgIpc) is 2.78. The molecule has 0 fully saturated rings. The van der Waals surface area contributed by atoms with E-state index in [-0.39, 0.29) is 11.7 Å². The number of rotatable bonds is 5. The fourth-order valence-corrected chi connectivity index (χ4v) is 5.01. The quantitative estimate of drug-likeness (QED) is 0.447. The molecule has 0 saturated carbocycles. The van der Waals surface area contributed by atoms with Crippen molar-refractivity contribution in [1.82, 2.24) is 5.32 Å². The Kier molecular flexibility index (Phi) is 7.18. The molecular formula is C26H24Cl3NO3. The molecule has 2 aliphatic rings. The van der Waals surface area contributed by atoms with Crippen LogP contribution in [-0.2, 0) is 14.3 Å². The minimum atomic E-state index is -0.570. The van der Waals surface area contributed by atoms with Crippen LogP contribution in [0.25, 0.3) is 0 Å². The van der Waals surface area contributed by atoms with E-state index in [2.05, 4.69) is 5.32 Å². The van der Waals surface area contributed by atoms with Gasteiger partial charge in [-0.3, -0.25) is 4.79 Å². The van der Waals surface area contributed by atoms with Gasteiger partial charge in [0, 0.05) is 34.3 Å². The SMILES string of the molecule is CCCOC(=O)C1=C(C)NC2=C(C(=O)C[C@H](c3ccc(Cl)cc3)C2)[C@H]1c1ccc(Cl)c(Cl)c1. The van der Waals surface area contributed by atoms with Crippen molar-refractivity contribution in [3.05, 3.63) is 91.2 Å². The van der Waals surface area contributed by atoms with Crippen LogP contribution in [0.3, 0.4) is 0 Å². The molecule has 0 radical (unpaired) electrons. The smallest absolute Gasteiger partial charge is 0.336 e. The van der Waals surface area contributed by atoms with Crippen molar-refractivity contribution < 1.29 is 14.3 Å². The van der Waals surface area contributed by atoms with E-state index < -0.39 is 11.9 Å². The van der Waals surface area contributed by atoms with Crippen molar-refractivity contribution >= 4 is 46.6 Å². The minimum Gasteiger partial charge on any atom is -0.462 e. The van der Waals surface area contributed by atoms with Crippen LogP contribution in [0.15, 0.2) is 65.0 Å². The number of benzene rings is 2. The van der Waals surface area contributed by atoms with E-state index in [1.54, 1.807) is 12.1 Å². The molecule has 0 spiro atoms. The van der Waals surface area contributed by atoms with Gasteiger partial charge in [0.1, 0.15) is 0 Å². The average molecular weight is 505 g/mol. The molecule has 1 aliphatic heterocycles. The first kappa shape index (κ1) is 23.9. The summed E-state index contributed by atoms with van der Waals surface area (Å²) in [7, 11) is 0. The lowest BCUT2D eigenvalue weighted by atomic mass is 9.72.